The zero-order valence-corrected chi connectivity index (χ0v) is 14.9. The zero-order valence-electron chi connectivity index (χ0n) is 13.3. The second-order valence-corrected chi connectivity index (χ2v) is 6.47. The molecule has 2 N–H and O–H groups in total. The highest BCUT2D eigenvalue weighted by atomic mass is 79.9. The van der Waals surface area contributed by atoms with E-state index in [0.29, 0.717) is 16.8 Å². The van der Waals surface area contributed by atoms with Gasteiger partial charge in [0.1, 0.15) is 0 Å². The molecular formula is C18H13BrF3N3O. The van der Waals surface area contributed by atoms with E-state index in [1.165, 1.54) is 18.3 Å². The van der Waals surface area contributed by atoms with Crippen molar-refractivity contribution in [3.63, 3.8) is 0 Å². The van der Waals surface area contributed by atoms with Gasteiger partial charge in [-0.25, -0.2) is 0 Å². The van der Waals surface area contributed by atoms with Crippen LogP contribution in [-0.4, -0.2) is 16.1 Å². The fourth-order valence-electron chi connectivity index (χ4n) is 2.46. The van der Waals surface area contributed by atoms with Gasteiger partial charge in [-0.1, -0.05) is 40.2 Å². The Balaban J connectivity index is 1.75. The quantitative estimate of drug-likeness (QED) is 0.633. The molecule has 0 aliphatic rings. The Kier molecular flexibility index (Phi) is 5.13. The van der Waals surface area contributed by atoms with Gasteiger partial charge in [-0.15, -0.1) is 0 Å². The van der Waals surface area contributed by atoms with Crippen molar-refractivity contribution in [2.45, 2.75) is 12.7 Å². The number of carbonyl (C=O) groups is 1. The van der Waals surface area contributed by atoms with E-state index < -0.39 is 17.6 Å². The number of hydrogen-bond acceptors (Lipinski definition) is 2. The predicted octanol–water partition coefficient (Wildman–Crippen LogP) is 4.79. The predicted molar refractivity (Wildman–Crippen MR) is 94.3 cm³/mol. The highest BCUT2D eigenvalue weighted by molar-refractivity contribution is 9.10. The molecule has 0 saturated carbocycles. The lowest BCUT2D eigenvalue weighted by molar-refractivity contribution is -0.137. The molecule has 0 saturated heterocycles. The average Bonchev–Trinajstić information content (AvgIpc) is 3.09. The van der Waals surface area contributed by atoms with Crippen molar-refractivity contribution in [1.29, 1.82) is 0 Å². The maximum atomic E-state index is 12.8. The van der Waals surface area contributed by atoms with Crippen LogP contribution < -0.4 is 5.32 Å². The molecule has 4 nitrogen and oxygen atoms in total. The second-order valence-electron chi connectivity index (χ2n) is 5.55. The van der Waals surface area contributed by atoms with Crippen molar-refractivity contribution in [1.82, 2.24) is 15.5 Å². The monoisotopic (exact) mass is 423 g/mol. The van der Waals surface area contributed by atoms with Gasteiger partial charge >= 0.3 is 6.18 Å². The van der Waals surface area contributed by atoms with E-state index >= 15 is 0 Å². The number of hydrogen-bond donors (Lipinski definition) is 2. The number of benzene rings is 2. The Morgan fingerprint density at radius 2 is 1.92 bits per heavy atom. The maximum Gasteiger partial charge on any atom is 0.416 e. The number of alkyl halides is 3. The molecule has 0 aliphatic carbocycles. The summed E-state index contributed by atoms with van der Waals surface area (Å²) in [5.41, 5.74) is 1.23. The minimum Gasteiger partial charge on any atom is -0.348 e. The lowest BCUT2D eigenvalue weighted by Gasteiger charge is -2.10. The molecule has 3 rings (SSSR count). The van der Waals surface area contributed by atoms with E-state index in [2.05, 4.69) is 31.4 Å². The van der Waals surface area contributed by atoms with Gasteiger partial charge in [-0.3, -0.25) is 9.89 Å². The van der Waals surface area contributed by atoms with E-state index in [9.17, 15) is 18.0 Å². The van der Waals surface area contributed by atoms with Gasteiger partial charge in [-0.2, -0.15) is 18.3 Å². The number of nitrogens with one attached hydrogen (secondary N) is 2. The molecule has 0 atom stereocenters. The summed E-state index contributed by atoms with van der Waals surface area (Å²) in [6.07, 6.45) is -3.03. The van der Waals surface area contributed by atoms with Crippen molar-refractivity contribution in [2.24, 2.45) is 0 Å². The van der Waals surface area contributed by atoms with Gasteiger partial charge in [0.2, 0.25) is 0 Å². The Morgan fingerprint density at radius 1 is 1.15 bits per heavy atom. The van der Waals surface area contributed by atoms with Gasteiger partial charge in [0.15, 0.2) is 0 Å². The van der Waals surface area contributed by atoms with E-state index in [-0.39, 0.29) is 6.54 Å². The third kappa shape index (κ3) is 4.13. The Hall–Kier alpha value is -2.61. The lowest BCUT2D eigenvalue weighted by Crippen LogP contribution is -2.23. The van der Waals surface area contributed by atoms with Gasteiger partial charge < -0.3 is 5.32 Å². The number of aromatic nitrogens is 2. The molecule has 0 radical (unpaired) electrons. The van der Waals surface area contributed by atoms with Crippen LogP contribution in [0.5, 0.6) is 0 Å². The second kappa shape index (κ2) is 7.33. The first-order valence-corrected chi connectivity index (χ1v) is 8.37. The first-order valence-electron chi connectivity index (χ1n) is 7.58. The molecule has 134 valence electrons. The number of carbonyl (C=O) groups excluding carboxylic acids is 1. The minimum atomic E-state index is -4.42. The van der Waals surface area contributed by atoms with Crippen LogP contribution in [0.1, 0.15) is 21.5 Å². The number of aromatic amines is 1. The highest BCUT2D eigenvalue weighted by Gasteiger charge is 2.30. The largest absolute Gasteiger partial charge is 0.416 e. The van der Waals surface area contributed by atoms with Crippen LogP contribution >= 0.6 is 15.9 Å². The number of rotatable bonds is 4. The fraction of sp³-hybridized carbons (Fsp3) is 0.111. The van der Waals surface area contributed by atoms with Gasteiger partial charge in [0.25, 0.3) is 5.91 Å². The topological polar surface area (TPSA) is 57.8 Å². The molecule has 0 spiro atoms. The van der Waals surface area contributed by atoms with E-state index in [0.717, 1.165) is 22.2 Å². The van der Waals surface area contributed by atoms with Crippen molar-refractivity contribution >= 4 is 21.8 Å². The highest BCUT2D eigenvalue weighted by Crippen LogP contribution is 2.29. The standard InChI is InChI=1S/C18H13BrF3N3O/c19-14-6-2-4-12(8-14)16-15(10-24-25-16)17(26)23-9-11-3-1-5-13(7-11)18(20,21)22/h1-8,10H,9H2,(H,23,26)(H,24,25). The van der Waals surface area contributed by atoms with Crippen LogP contribution in [0.2, 0.25) is 0 Å². The SMILES string of the molecule is O=C(NCc1cccc(C(F)(F)F)c1)c1cn[nH]c1-c1cccc(Br)c1. The molecular weight excluding hydrogens is 411 g/mol. The summed E-state index contributed by atoms with van der Waals surface area (Å²) in [6.45, 7) is -0.0220. The summed E-state index contributed by atoms with van der Waals surface area (Å²) in [7, 11) is 0. The summed E-state index contributed by atoms with van der Waals surface area (Å²) in [5.74, 6) is -0.425. The van der Waals surface area contributed by atoms with Crippen molar-refractivity contribution in [2.75, 3.05) is 0 Å². The number of amides is 1. The van der Waals surface area contributed by atoms with Crippen LogP contribution in [-0.2, 0) is 12.7 Å². The first-order chi connectivity index (χ1) is 12.3. The lowest BCUT2D eigenvalue weighted by atomic mass is 10.1. The van der Waals surface area contributed by atoms with Crippen LogP contribution in [0.3, 0.4) is 0 Å². The third-order valence-electron chi connectivity index (χ3n) is 3.70. The minimum absolute atomic E-state index is 0.0220. The molecule has 0 unspecified atom stereocenters. The molecule has 1 heterocycles. The van der Waals surface area contributed by atoms with E-state index in [1.807, 2.05) is 24.3 Å². The smallest absolute Gasteiger partial charge is 0.348 e. The molecule has 0 aliphatic heterocycles. The van der Waals surface area contributed by atoms with Crippen LogP contribution in [0.25, 0.3) is 11.3 Å². The van der Waals surface area contributed by atoms with Crippen molar-refractivity contribution in [3.8, 4) is 11.3 Å². The average molecular weight is 424 g/mol. The number of H-pyrrole nitrogens is 1. The molecule has 1 aromatic heterocycles. The van der Waals surface area contributed by atoms with E-state index in [4.69, 9.17) is 0 Å². The Morgan fingerprint density at radius 3 is 2.65 bits per heavy atom. The fourth-order valence-corrected chi connectivity index (χ4v) is 2.86. The number of nitrogens with zero attached hydrogens (tertiary/aromatic N) is 1. The molecule has 2 aromatic carbocycles. The van der Waals surface area contributed by atoms with Crippen molar-refractivity contribution in [3.05, 3.63) is 75.9 Å². The van der Waals surface area contributed by atoms with Crippen molar-refractivity contribution < 1.29 is 18.0 Å². The van der Waals surface area contributed by atoms with Gasteiger partial charge in [-0.05, 0) is 29.8 Å². The summed E-state index contributed by atoms with van der Waals surface area (Å²) in [5, 5.41) is 9.30. The summed E-state index contributed by atoms with van der Waals surface area (Å²) in [6, 6.07) is 12.2. The summed E-state index contributed by atoms with van der Waals surface area (Å²) in [4.78, 5) is 12.4. The first kappa shape index (κ1) is 18.2. The number of halogens is 4. The molecule has 1 amide bonds. The molecule has 0 bridgehead atoms. The van der Waals surface area contributed by atoms with Crippen LogP contribution in [0, 0.1) is 0 Å². The van der Waals surface area contributed by atoms with Gasteiger partial charge in [0.05, 0.1) is 23.0 Å². The van der Waals surface area contributed by atoms with Crippen LogP contribution in [0.15, 0.2) is 59.2 Å². The summed E-state index contributed by atoms with van der Waals surface area (Å²) < 4.78 is 39.1. The molecule has 0 fully saturated rings. The zero-order chi connectivity index (χ0) is 18.7. The van der Waals surface area contributed by atoms with Crippen LogP contribution in [0.4, 0.5) is 13.2 Å². The molecule has 8 heteroatoms. The maximum absolute atomic E-state index is 12.8. The normalized spacial score (nSPS) is 11.4. The molecule has 3 aromatic rings. The van der Waals surface area contributed by atoms with E-state index in [1.54, 1.807) is 0 Å². The summed E-state index contributed by atoms with van der Waals surface area (Å²) >= 11 is 3.37. The van der Waals surface area contributed by atoms with Gasteiger partial charge in [0, 0.05) is 16.6 Å². The Bertz CT molecular complexity index is 937. The molecule has 26 heavy (non-hydrogen) atoms. The Labute approximate surface area is 155 Å². The third-order valence-corrected chi connectivity index (χ3v) is 4.20.